The molecule has 0 radical (unpaired) electrons. The Morgan fingerprint density at radius 3 is 2.06 bits per heavy atom. The van der Waals surface area contributed by atoms with E-state index in [-0.39, 0.29) is 5.56 Å². The molecule has 0 aliphatic carbocycles. The molecule has 0 aliphatic rings. The highest BCUT2D eigenvalue weighted by Gasteiger charge is 2.16. The molecule has 0 fully saturated rings. The van der Waals surface area contributed by atoms with Crippen molar-refractivity contribution in [3.8, 4) is 23.0 Å². The fourth-order valence-corrected chi connectivity index (χ4v) is 0.973. The highest BCUT2D eigenvalue weighted by Crippen LogP contribution is 2.44. The van der Waals surface area contributed by atoms with Crippen molar-refractivity contribution in [2.24, 2.45) is 0 Å². The molecule has 0 heterocycles. The molecule has 0 spiro atoms. The number of hydrogen-bond acceptors (Lipinski definition) is 6. The van der Waals surface area contributed by atoms with Gasteiger partial charge in [0.2, 0.25) is 17.3 Å². The van der Waals surface area contributed by atoms with Crippen LogP contribution < -0.4 is 0 Å². The lowest BCUT2D eigenvalue weighted by atomic mass is 10.1. The highest BCUT2D eigenvalue weighted by molar-refractivity contribution is 5.90. The predicted octanol–water partition coefficient (Wildman–Crippen LogP) is 0.492. The minimum absolute atomic E-state index is 0.354. The van der Waals surface area contributed by atoms with E-state index in [1.54, 1.807) is 0 Å². The standard InChI is InChI=1S/C9H8O7/c10-4-1-3(2-5(11)9(15)16)6(12)8(14)7(4)13/h1-2,10-14H,(H,15,16)/b5-2-. The third-order valence-electron chi connectivity index (χ3n) is 1.77. The number of aliphatic hydroxyl groups excluding tert-OH is 1. The summed E-state index contributed by atoms with van der Waals surface area (Å²) >= 11 is 0. The molecule has 1 aromatic carbocycles. The largest absolute Gasteiger partial charge is 0.504 e. The second-order valence-corrected chi connectivity index (χ2v) is 2.87. The van der Waals surface area contributed by atoms with Crippen molar-refractivity contribution < 1.29 is 35.4 Å². The summed E-state index contributed by atoms with van der Waals surface area (Å²) in [6.07, 6.45) is 0.608. The van der Waals surface area contributed by atoms with E-state index in [0.29, 0.717) is 6.08 Å². The summed E-state index contributed by atoms with van der Waals surface area (Å²) in [4.78, 5) is 10.3. The monoisotopic (exact) mass is 228 g/mol. The first-order valence-corrected chi connectivity index (χ1v) is 3.95. The number of phenolic OH excluding ortho intramolecular Hbond substituents is 4. The fraction of sp³-hybridized carbons (Fsp3) is 0. The quantitative estimate of drug-likeness (QED) is 0.187. The summed E-state index contributed by atoms with van der Waals surface area (Å²) in [7, 11) is 0. The van der Waals surface area contributed by atoms with E-state index in [1.807, 2.05) is 0 Å². The van der Waals surface area contributed by atoms with Crippen LogP contribution in [0, 0.1) is 0 Å². The third-order valence-corrected chi connectivity index (χ3v) is 1.77. The van der Waals surface area contributed by atoms with Crippen LogP contribution in [0.1, 0.15) is 5.56 Å². The number of benzene rings is 1. The number of rotatable bonds is 2. The van der Waals surface area contributed by atoms with Crippen LogP contribution >= 0.6 is 0 Å². The zero-order valence-corrected chi connectivity index (χ0v) is 7.75. The van der Waals surface area contributed by atoms with E-state index >= 15 is 0 Å². The van der Waals surface area contributed by atoms with E-state index in [4.69, 9.17) is 25.5 Å². The molecule has 0 amide bonds. The highest BCUT2D eigenvalue weighted by atomic mass is 16.4. The molecule has 0 aliphatic heterocycles. The molecule has 6 N–H and O–H groups in total. The van der Waals surface area contributed by atoms with Gasteiger partial charge in [-0.2, -0.15) is 0 Å². The van der Waals surface area contributed by atoms with Gasteiger partial charge in [-0.15, -0.1) is 0 Å². The third kappa shape index (κ3) is 1.92. The molecule has 0 atom stereocenters. The number of aromatic hydroxyl groups is 4. The SMILES string of the molecule is O=C(O)/C(O)=C/c1cc(O)c(O)c(O)c1O. The second kappa shape index (κ2) is 3.89. The van der Waals surface area contributed by atoms with Crippen molar-refractivity contribution >= 4 is 12.0 Å². The summed E-state index contributed by atoms with van der Waals surface area (Å²) in [5.41, 5.74) is -0.354. The molecular weight excluding hydrogens is 220 g/mol. The van der Waals surface area contributed by atoms with Crippen LogP contribution in [0.4, 0.5) is 0 Å². The minimum atomic E-state index is -1.65. The maximum absolute atomic E-state index is 10.3. The van der Waals surface area contributed by atoms with Crippen molar-refractivity contribution in [2.75, 3.05) is 0 Å². The molecule has 0 bridgehead atoms. The Bertz CT molecular complexity index is 475. The van der Waals surface area contributed by atoms with E-state index < -0.39 is 34.7 Å². The molecule has 86 valence electrons. The summed E-state index contributed by atoms with van der Waals surface area (Å²) in [6.45, 7) is 0. The lowest BCUT2D eigenvalue weighted by molar-refractivity contribution is -0.135. The Hall–Kier alpha value is -2.57. The first kappa shape index (κ1) is 11.5. The van der Waals surface area contributed by atoms with Gasteiger partial charge in [0.05, 0.1) is 0 Å². The molecule has 7 heteroatoms. The lowest BCUT2D eigenvalue weighted by Gasteiger charge is -2.06. The number of aliphatic carboxylic acids is 1. The van der Waals surface area contributed by atoms with Gasteiger partial charge in [0.1, 0.15) is 0 Å². The number of hydrogen-bond donors (Lipinski definition) is 6. The maximum Gasteiger partial charge on any atom is 0.370 e. The predicted molar refractivity (Wildman–Crippen MR) is 51.3 cm³/mol. The Morgan fingerprint density at radius 2 is 1.56 bits per heavy atom. The van der Waals surface area contributed by atoms with E-state index in [2.05, 4.69) is 0 Å². The Labute approximate surface area is 88.8 Å². The van der Waals surface area contributed by atoms with Crippen LogP contribution in [-0.4, -0.2) is 36.6 Å². The average molecular weight is 228 g/mol. The van der Waals surface area contributed by atoms with Gasteiger partial charge in [-0.25, -0.2) is 4.79 Å². The van der Waals surface area contributed by atoms with Crippen molar-refractivity contribution in [1.29, 1.82) is 0 Å². The summed E-state index contributed by atoms with van der Waals surface area (Å²) in [5, 5.41) is 53.7. The van der Waals surface area contributed by atoms with Crippen LogP contribution in [0.2, 0.25) is 0 Å². The van der Waals surface area contributed by atoms with Crippen LogP contribution in [0.25, 0.3) is 6.08 Å². The number of carboxylic acids is 1. The van der Waals surface area contributed by atoms with Gasteiger partial charge in [0.25, 0.3) is 0 Å². The average Bonchev–Trinajstić information content (AvgIpc) is 2.22. The van der Waals surface area contributed by atoms with Gasteiger partial charge in [-0.05, 0) is 12.1 Å². The van der Waals surface area contributed by atoms with Crippen LogP contribution in [0.15, 0.2) is 11.8 Å². The molecule has 0 saturated carbocycles. The number of carbonyl (C=O) groups is 1. The van der Waals surface area contributed by atoms with Gasteiger partial charge >= 0.3 is 5.97 Å². The molecule has 1 rings (SSSR count). The molecule has 16 heavy (non-hydrogen) atoms. The molecule has 1 aromatic rings. The van der Waals surface area contributed by atoms with Gasteiger partial charge in [0.15, 0.2) is 11.5 Å². The van der Waals surface area contributed by atoms with Crippen molar-refractivity contribution in [3.63, 3.8) is 0 Å². The molecule has 0 unspecified atom stereocenters. The zero-order chi connectivity index (χ0) is 12.5. The lowest BCUT2D eigenvalue weighted by Crippen LogP contribution is -1.98. The van der Waals surface area contributed by atoms with Crippen LogP contribution in [0.3, 0.4) is 0 Å². The normalized spacial score (nSPS) is 11.4. The van der Waals surface area contributed by atoms with E-state index in [1.165, 1.54) is 0 Å². The Kier molecular flexibility index (Phi) is 2.80. The van der Waals surface area contributed by atoms with Gasteiger partial charge in [-0.1, -0.05) is 0 Å². The van der Waals surface area contributed by atoms with E-state index in [0.717, 1.165) is 6.07 Å². The number of carboxylic acid groups (broad SMARTS) is 1. The van der Waals surface area contributed by atoms with Gasteiger partial charge in [0, 0.05) is 5.56 Å². The summed E-state index contributed by atoms with van der Waals surface area (Å²) in [5.74, 6) is -6.32. The first-order chi connectivity index (χ1) is 7.34. The van der Waals surface area contributed by atoms with Gasteiger partial charge in [-0.3, -0.25) is 0 Å². The second-order valence-electron chi connectivity index (χ2n) is 2.87. The minimum Gasteiger partial charge on any atom is -0.504 e. The van der Waals surface area contributed by atoms with Crippen molar-refractivity contribution in [1.82, 2.24) is 0 Å². The zero-order valence-electron chi connectivity index (χ0n) is 7.75. The molecule has 0 saturated heterocycles. The van der Waals surface area contributed by atoms with Crippen LogP contribution in [-0.2, 0) is 4.79 Å². The van der Waals surface area contributed by atoms with Crippen LogP contribution in [0.5, 0.6) is 23.0 Å². The first-order valence-electron chi connectivity index (χ1n) is 3.95. The van der Waals surface area contributed by atoms with Gasteiger partial charge < -0.3 is 30.6 Å². The summed E-state index contributed by atoms with van der Waals surface area (Å²) < 4.78 is 0. The van der Waals surface area contributed by atoms with Crippen molar-refractivity contribution in [3.05, 3.63) is 17.4 Å². The topological polar surface area (TPSA) is 138 Å². The molecule has 0 aromatic heterocycles. The maximum atomic E-state index is 10.3. The smallest absolute Gasteiger partial charge is 0.370 e. The number of phenols is 4. The summed E-state index contributed by atoms with van der Waals surface area (Å²) in [6, 6.07) is 0.781. The number of aliphatic hydroxyl groups is 1. The Morgan fingerprint density at radius 1 is 1.00 bits per heavy atom. The van der Waals surface area contributed by atoms with E-state index in [9.17, 15) is 9.90 Å². The fourth-order valence-electron chi connectivity index (χ4n) is 0.973. The molecular formula is C9H8O7. The molecule has 7 nitrogen and oxygen atoms in total. The Balaban J connectivity index is 3.37. The van der Waals surface area contributed by atoms with Crippen molar-refractivity contribution in [2.45, 2.75) is 0 Å².